The molecule has 0 amide bonds. The standard InChI is InChI=1S/C23H18BrNO3.C23H16BrNO3/c2*24-18-8-5-17(13-25)21(12-18)23(26)15-6-9-19(10-7-15)27-14-20-11-16-3-1-2-4-22(16)28-20/h1-10,12,20,23,26H,11,14H2;1-10,12,20H,11,14H2. The van der Waals surface area contributed by atoms with E-state index in [-0.39, 0.29) is 18.0 Å². The van der Waals surface area contributed by atoms with Gasteiger partial charge in [-0.15, -0.1) is 0 Å². The van der Waals surface area contributed by atoms with Crippen molar-refractivity contribution >= 4 is 37.6 Å². The monoisotopic (exact) mass is 868 g/mol. The molecule has 2 heterocycles. The minimum atomic E-state index is -0.881. The van der Waals surface area contributed by atoms with Crippen LogP contribution in [-0.4, -0.2) is 36.3 Å². The van der Waals surface area contributed by atoms with Crippen molar-refractivity contribution in [3.05, 3.63) is 187 Å². The Hall–Kier alpha value is -5.91. The SMILES string of the molecule is N#Cc1ccc(Br)cc1C(=O)c1ccc(OCC2Cc3ccccc3O2)cc1.N#Cc1ccc(Br)cc1C(O)c1ccc(OCC2Cc3ccccc3O2)cc1. The maximum Gasteiger partial charge on any atom is 0.194 e. The van der Waals surface area contributed by atoms with E-state index < -0.39 is 6.10 Å². The highest BCUT2D eigenvalue weighted by Crippen LogP contribution is 2.32. The summed E-state index contributed by atoms with van der Waals surface area (Å²) < 4.78 is 25.0. The Morgan fingerprint density at radius 3 is 1.71 bits per heavy atom. The van der Waals surface area contributed by atoms with Crippen LogP contribution < -0.4 is 18.9 Å². The maximum absolute atomic E-state index is 12.7. The molecule has 0 aliphatic carbocycles. The van der Waals surface area contributed by atoms with Crippen LogP contribution in [0.1, 0.15) is 55.4 Å². The van der Waals surface area contributed by atoms with E-state index in [0.29, 0.717) is 58.1 Å². The van der Waals surface area contributed by atoms with Gasteiger partial charge in [-0.2, -0.15) is 10.5 Å². The first kappa shape index (κ1) is 38.4. The number of aliphatic hydroxyl groups is 1. The van der Waals surface area contributed by atoms with Crippen LogP contribution in [0.4, 0.5) is 0 Å². The lowest BCUT2D eigenvalue weighted by Gasteiger charge is -2.15. The second kappa shape index (κ2) is 17.7. The summed E-state index contributed by atoms with van der Waals surface area (Å²) in [6.45, 7) is 0.896. The largest absolute Gasteiger partial charge is 0.490 e. The fourth-order valence-corrected chi connectivity index (χ4v) is 7.26. The molecule has 8 nitrogen and oxygen atoms in total. The second-order valence-electron chi connectivity index (χ2n) is 13.2. The summed E-state index contributed by atoms with van der Waals surface area (Å²) in [5.74, 6) is 3.03. The molecular formula is C46H34Br2N2O6. The molecule has 0 bridgehead atoms. The van der Waals surface area contributed by atoms with Gasteiger partial charge in [-0.05, 0) is 102 Å². The van der Waals surface area contributed by atoms with Gasteiger partial charge in [0.1, 0.15) is 54.5 Å². The third-order valence-electron chi connectivity index (χ3n) is 9.39. The number of carbonyl (C=O) groups excluding carboxylic acids is 1. The molecule has 0 saturated carbocycles. The lowest BCUT2D eigenvalue weighted by atomic mass is 9.97. The lowest BCUT2D eigenvalue weighted by molar-refractivity contribution is 0.103. The van der Waals surface area contributed by atoms with E-state index in [1.807, 2.05) is 60.7 Å². The quantitative estimate of drug-likeness (QED) is 0.135. The number of rotatable bonds is 10. The Bertz CT molecular complexity index is 2390. The number of nitrogens with zero attached hydrogens (tertiary/aromatic N) is 2. The summed E-state index contributed by atoms with van der Waals surface area (Å²) in [6, 6.07) is 44.7. The zero-order valence-corrected chi connectivity index (χ0v) is 33.1. The van der Waals surface area contributed by atoms with Crippen molar-refractivity contribution in [3.63, 3.8) is 0 Å². The molecule has 278 valence electrons. The molecule has 0 spiro atoms. The van der Waals surface area contributed by atoms with E-state index in [2.05, 4.69) is 56.1 Å². The summed E-state index contributed by atoms with van der Waals surface area (Å²) in [4.78, 5) is 12.7. The predicted molar refractivity (Wildman–Crippen MR) is 218 cm³/mol. The van der Waals surface area contributed by atoms with Crippen molar-refractivity contribution in [2.45, 2.75) is 31.2 Å². The van der Waals surface area contributed by atoms with Crippen molar-refractivity contribution in [2.24, 2.45) is 0 Å². The van der Waals surface area contributed by atoms with Crippen molar-refractivity contribution in [2.75, 3.05) is 13.2 Å². The Morgan fingerprint density at radius 2 is 1.18 bits per heavy atom. The van der Waals surface area contributed by atoms with Gasteiger partial charge >= 0.3 is 0 Å². The lowest BCUT2D eigenvalue weighted by Crippen LogP contribution is -2.22. The average Bonchev–Trinajstić information content (AvgIpc) is 3.86. The zero-order chi connectivity index (χ0) is 39.0. The molecule has 3 unspecified atom stereocenters. The highest BCUT2D eigenvalue weighted by molar-refractivity contribution is 9.10. The molecule has 6 aromatic rings. The number of hydrogen-bond donors (Lipinski definition) is 1. The molecular weight excluding hydrogens is 836 g/mol. The molecule has 1 N–H and O–H groups in total. The number of fused-ring (bicyclic) bond motifs is 2. The highest BCUT2D eigenvalue weighted by atomic mass is 79.9. The Kier molecular flexibility index (Phi) is 12.1. The summed E-state index contributed by atoms with van der Waals surface area (Å²) in [6.07, 6.45) is 0.772. The number of para-hydroxylation sites is 2. The van der Waals surface area contributed by atoms with Crippen LogP contribution in [0, 0.1) is 22.7 Å². The van der Waals surface area contributed by atoms with Gasteiger partial charge < -0.3 is 24.1 Å². The van der Waals surface area contributed by atoms with Crippen LogP contribution >= 0.6 is 31.9 Å². The number of hydrogen-bond acceptors (Lipinski definition) is 8. The van der Waals surface area contributed by atoms with Gasteiger partial charge in [0.25, 0.3) is 0 Å². The number of ketones is 1. The second-order valence-corrected chi connectivity index (χ2v) is 15.0. The Morgan fingerprint density at radius 1 is 0.679 bits per heavy atom. The average molecular weight is 871 g/mol. The molecule has 3 atom stereocenters. The van der Waals surface area contributed by atoms with E-state index in [1.54, 1.807) is 60.7 Å². The van der Waals surface area contributed by atoms with Crippen LogP contribution in [0.3, 0.4) is 0 Å². The number of nitriles is 2. The molecule has 2 aliphatic rings. The van der Waals surface area contributed by atoms with E-state index in [9.17, 15) is 20.4 Å². The maximum atomic E-state index is 12.7. The number of carbonyl (C=O) groups is 1. The van der Waals surface area contributed by atoms with E-state index in [0.717, 1.165) is 33.3 Å². The molecule has 0 saturated heterocycles. The van der Waals surface area contributed by atoms with Crippen LogP contribution in [-0.2, 0) is 12.8 Å². The highest BCUT2D eigenvalue weighted by Gasteiger charge is 2.24. The van der Waals surface area contributed by atoms with Crippen molar-refractivity contribution in [1.29, 1.82) is 10.5 Å². The summed E-state index contributed by atoms with van der Waals surface area (Å²) in [7, 11) is 0. The fourth-order valence-electron chi connectivity index (χ4n) is 6.52. The first-order valence-corrected chi connectivity index (χ1v) is 19.4. The predicted octanol–water partition coefficient (Wildman–Crippen LogP) is 9.72. The van der Waals surface area contributed by atoms with Crippen molar-refractivity contribution in [1.82, 2.24) is 0 Å². The molecule has 8 rings (SSSR count). The Labute approximate surface area is 341 Å². The van der Waals surface area contributed by atoms with Crippen LogP contribution in [0.25, 0.3) is 0 Å². The summed E-state index contributed by atoms with van der Waals surface area (Å²) in [5.41, 5.74) is 5.36. The molecule has 6 aromatic carbocycles. The minimum Gasteiger partial charge on any atom is -0.490 e. The van der Waals surface area contributed by atoms with Gasteiger partial charge in [0.15, 0.2) is 5.78 Å². The van der Waals surface area contributed by atoms with Crippen LogP contribution in [0.15, 0.2) is 142 Å². The zero-order valence-electron chi connectivity index (χ0n) is 29.9. The van der Waals surface area contributed by atoms with E-state index in [4.69, 9.17) is 18.9 Å². The number of halogens is 2. The summed E-state index contributed by atoms with van der Waals surface area (Å²) in [5, 5.41) is 29.2. The van der Waals surface area contributed by atoms with Crippen molar-refractivity contribution in [3.8, 4) is 35.1 Å². The van der Waals surface area contributed by atoms with Crippen LogP contribution in [0.5, 0.6) is 23.0 Å². The first-order valence-electron chi connectivity index (χ1n) is 17.8. The van der Waals surface area contributed by atoms with Gasteiger partial charge in [-0.25, -0.2) is 0 Å². The summed E-state index contributed by atoms with van der Waals surface area (Å²) >= 11 is 6.74. The molecule has 0 radical (unpaired) electrons. The third kappa shape index (κ3) is 9.13. The topological polar surface area (TPSA) is 122 Å². The number of ether oxygens (including phenoxy) is 4. The minimum absolute atomic E-state index is 0.00234. The fraction of sp³-hybridized carbons (Fsp3) is 0.152. The third-order valence-corrected chi connectivity index (χ3v) is 10.4. The normalized spacial score (nSPS) is 15.3. The molecule has 0 aromatic heterocycles. The molecule has 56 heavy (non-hydrogen) atoms. The number of benzene rings is 6. The molecule has 10 heteroatoms. The molecule has 0 fully saturated rings. The Balaban J connectivity index is 0.000000172. The van der Waals surface area contributed by atoms with E-state index >= 15 is 0 Å². The molecule has 2 aliphatic heterocycles. The van der Waals surface area contributed by atoms with E-state index in [1.165, 1.54) is 11.1 Å². The van der Waals surface area contributed by atoms with Gasteiger partial charge in [0.05, 0.1) is 23.3 Å². The van der Waals surface area contributed by atoms with Crippen molar-refractivity contribution < 1.29 is 28.8 Å². The number of aliphatic hydroxyl groups excluding tert-OH is 1. The van der Waals surface area contributed by atoms with Gasteiger partial charge in [-0.1, -0.05) is 80.4 Å². The smallest absolute Gasteiger partial charge is 0.194 e. The van der Waals surface area contributed by atoms with Crippen LogP contribution in [0.2, 0.25) is 0 Å². The van der Waals surface area contributed by atoms with Gasteiger partial charge in [0, 0.05) is 38.5 Å². The van der Waals surface area contributed by atoms with Gasteiger partial charge in [0.2, 0.25) is 0 Å². The first-order chi connectivity index (χ1) is 27.3. The van der Waals surface area contributed by atoms with Gasteiger partial charge in [-0.3, -0.25) is 4.79 Å².